The number of nitrogens with zero attached hydrogens (tertiary/aromatic N) is 1. The number of rotatable bonds is 8. The van der Waals surface area contributed by atoms with Gasteiger partial charge in [-0.15, -0.1) is 0 Å². The number of likely N-dealkylation sites (N-methyl/N-ethyl adjacent to an activating group) is 1. The highest BCUT2D eigenvalue weighted by Crippen LogP contribution is 2.38. The standard InChI is InChI=1S/C13H27N3O/c1-4-5-15-13(17)7-12(8-14)16(3)9-11-6-10(11)2/h10-12H,4-9,14H2,1-3H3,(H,15,17). The molecule has 0 saturated heterocycles. The van der Waals surface area contributed by atoms with Gasteiger partial charge in [0.1, 0.15) is 0 Å². The third-order valence-corrected chi connectivity index (χ3v) is 3.69. The van der Waals surface area contributed by atoms with Crippen molar-refractivity contribution in [3.8, 4) is 0 Å². The fourth-order valence-electron chi connectivity index (χ4n) is 2.14. The predicted molar refractivity (Wildman–Crippen MR) is 70.7 cm³/mol. The summed E-state index contributed by atoms with van der Waals surface area (Å²) in [6, 6.07) is 0.180. The Morgan fingerprint density at radius 2 is 2.24 bits per heavy atom. The van der Waals surface area contributed by atoms with E-state index in [1.54, 1.807) is 0 Å². The van der Waals surface area contributed by atoms with Crippen molar-refractivity contribution in [1.29, 1.82) is 0 Å². The number of carbonyl (C=O) groups is 1. The fourth-order valence-corrected chi connectivity index (χ4v) is 2.14. The Morgan fingerprint density at radius 1 is 1.59 bits per heavy atom. The molecule has 0 aromatic carbocycles. The van der Waals surface area contributed by atoms with Crippen molar-refractivity contribution < 1.29 is 4.79 Å². The van der Waals surface area contributed by atoms with Crippen molar-refractivity contribution in [2.75, 3.05) is 26.7 Å². The zero-order valence-electron chi connectivity index (χ0n) is 11.4. The average molecular weight is 241 g/mol. The molecule has 1 fully saturated rings. The van der Waals surface area contributed by atoms with Crippen LogP contribution in [0.15, 0.2) is 0 Å². The van der Waals surface area contributed by atoms with Gasteiger partial charge in [-0.3, -0.25) is 4.79 Å². The second kappa shape index (κ2) is 6.97. The van der Waals surface area contributed by atoms with Gasteiger partial charge in [0.05, 0.1) is 0 Å². The van der Waals surface area contributed by atoms with Crippen molar-refractivity contribution in [1.82, 2.24) is 10.2 Å². The number of hydrogen-bond donors (Lipinski definition) is 2. The summed E-state index contributed by atoms with van der Waals surface area (Å²) in [7, 11) is 2.08. The van der Waals surface area contributed by atoms with E-state index in [0.717, 1.165) is 31.3 Å². The molecule has 4 heteroatoms. The molecule has 0 heterocycles. The number of carbonyl (C=O) groups excluding carboxylic acids is 1. The molecule has 0 radical (unpaired) electrons. The van der Waals surface area contributed by atoms with E-state index in [9.17, 15) is 4.79 Å². The largest absolute Gasteiger partial charge is 0.356 e. The molecule has 4 nitrogen and oxygen atoms in total. The lowest BCUT2D eigenvalue weighted by molar-refractivity contribution is -0.122. The summed E-state index contributed by atoms with van der Waals surface area (Å²) < 4.78 is 0. The van der Waals surface area contributed by atoms with E-state index in [2.05, 4.69) is 31.1 Å². The smallest absolute Gasteiger partial charge is 0.221 e. The maximum absolute atomic E-state index is 11.6. The second-order valence-corrected chi connectivity index (χ2v) is 5.36. The van der Waals surface area contributed by atoms with E-state index in [4.69, 9.17) is 5.73 Å². The molecule has 0 aliphatic heterocycles. The Kier molecular flexibility index (Phi) is 5.92. The second-order valence-electron chi connectivity index (χ2n) is 5.36. The molecule has 3 N–H and O–H groups in total. The highest BCUT2D eigenvalue weighted by molar-refractivity contribution is 5.76. The predicted octanol–water partition coefficient (Wildman–Crippen LogP) is 0.818. The Hall–Kier alpha value is -0.610. The number of amides is 1. The molecular weight excluding hydrogens is 214 g/mol. The average Bonchev–Trinajstić information content (AvgIpc) is 2.98. The van der Waals surface area contributed by atoms with Gasteiger partial charge in [0.25, 0.3) is 0 Å². The summed E-state index contributed by atoms with van der Waals surface area (Å²) in [6.45, 7) is 6.73. The van der Waals surface area contributed by atoms with Crippen LogP contribution >= 0.6 is 0 Å². The molecule has 3 unspecified atom stereocenters. The van der Waals surface area contributed by atoms with Gasteiger partial charge in [0, 0.05) is 32.1 Å². The summed E-state index contributed by atoms with van der Waals surface area (Å²) in [5.74, 6) is 1.79. The van der Waals surface area contributed by atoms with Crippen LogP contribution in [0.3, 0.4) is 0 Å². The fraction of sp³-hybridized carbons (Fsp3) is 0.923. The van der Waals surface area contributed by atoms with Gasteiger partial charge in [-0.25, -0.2) is 0 Å². The van der Waals surface area contributed by atoms with Gasteiger partial charge < -0.3 is 16.0 Å². The van der Waals surface area contributed by atoms with E-state index in [1.807, 2.05) is 0 Å². The van der Waals surface area contributed by atoms with Gasteiger partial charge in [-0.05, 0) is 31.7 Å². The molecule has 3 atom stereocenters. The summed E-state index contributed by atoms with van der Waals surface area (Å²) >= 11 is 0. The van der Waals surface area contributed by atoms with E-state index >= 15 is 0 Å². The van der Waals surface area contributed by atoms with Crippen LogP contribution in [-0.2, 0) is 4.79 Å². The van der Waals surface area contributed by atoms with Crippen LogP contribution in [0.25, 0.3) is 0 Å². The maximum atomic E-state index is 11.6. The summed E-state index contributed by atoms with van der Waals surface area (Å²) in [4.78, 5) is 13.9. The molecule has 1 aliphatic rings. The number of nitrogens with one attached hydrogen (secondary N) is 1. The zero-order chi connectivity index (χ0) is 12.8. The first-order valence-corrected chi connectivity index (χ1v) is 6.75. The molecule has 100 valence electrons. The van der Waals surface area contributed by atoms with E-state index in [1.165, 1.54) is 6.42 Å². The topological polar surface area (TPSA) is 58.4 Å². The SMILES string of the molecule is CCCNC(=O)CC(CN)N(C)CC1CC1C. The van der Waals surface area contributed by atoms with Gasteiger partial charge in [0.2, 0.25) is 5.91 Å². The first kappa shape index (κ1) is 14.5. The van der Waals surface area contributed by atoms with Crippen molar-refractivity contribution in [2.45, 2.75) is 39.2 Å². The van der Waals surface area contributed by atoms with Crippen molar-refractivity contribution >= 4 is 5.91 Å². The van der Waals surface area contributed by atoms with Crippen molar-refractivity contribution in [3.63, 3.8) is 0 Å². The minimum atomic E-state index is 0.123. The molecule has 0 aromatic rings. The van der Waals surface area contributed by atoms with Crippen LogP contribution in [0.1, 0.15) is 33.1 Å². The molecule has 1 aliphatic carbocycles. The molecule has 0 bridgehead atoms. The highest BCUT2D eigenvalue weighted by atomic mass is 16.1. The monoisotopic (exact) mass is 241 g/mol. The first-order chi connectivity index (χ1) is 8.08. The van der Waals surface area contributed by atoms with Crippen LogP contribution in [0.4, 0.5) is 0 Å². The van der Waals surface area contributed by atoms with E-state index in [0.29, 0.717) is 13.0 Å². The Bertz CT molecular complexity index is 245. The summed E-state index contributed by atoms with van der Waals surface area (Å²) in [6.07, 6.45) is 2.83. The molecule has 17 heavy (non-hydrogen) atoms. The molecule has 1 rings (SSSR count). The molecule has 1 amide bonds. The molecular formula is C13H27N3O. The van der Waals surface area contributed by atoms with Crippen molar-refractivity contribution in [2.24, 2.45) is 17.6 Å². The van der Waals surface area contributed by atoms with E-state index in [-0.39, 0.29) is 11.9 Å². The maximum Gasteiger partial charge on any atom is 0.221 e. The van der Waals surface area contributed by atoms with Gasteiger partial charge in [-0.2, -0.15) is 0 Å². The Balaban J connectivity index is 2.28. The Morgan fingerprint density at radius 3 is 2.71 bits per heavy atom. The number of nitrogens with two attached hydrogens (primary N) is 1. The minimum absolute atomic E-state index is 0.123. The summed E-state index contributed by atoms with van der Waals surface area (Å²) in [5, 5.41) is 2.91. The third-order valence-electron chi connectivity index (χ3n) is 3.69. The van der Waals surface area contributed by atoms with Gasteiger partial charge in [-0.1, -0.05) is 13.8 Å². The minimum Gasteiger partial charge on any atom is -0.356 e. The van der Waals surface area contributed by atoms with Crippen LogP contribution < -0.4 is 11.1 Å². The third kappa shape index (κ3) is 5.04. The van der Waals surface area contributed by atoms with Gasteiger partial charge >= 0.3 is 0 Å². The van der Waals surface area contributed by atoms with Crippen LogP contribution in [0, 0.1) is 11.8 Å². The van der Waals surface area contributed by atoms with Gasteiger partial charge in [0.15, 0.2) is 0 Å². The number of hydrogen-bond acceptors (Lipinski definition) is 3. The first-order valence-electron chi connectivity index (χ1n) is 6.75. The lowest BCUT2D eigenvalue weighted by Crippen LogP contribution is -2.42. The van der Waals surface area contributed by atoms with Crippen LogP contribution in [-0.4, -0.2) is 43.5 Å². The lowest BCUT2D eigenvalue weighted by atomic mass is 10.1. The zero-order valence-corrected chi connectivity index (χ0v) is 11.4. The Labute approximate surface area is 105 Å². The highest BCUT2D eigenvalue weighted by Gasteiger charge is 2.34. The summed E-state index contributed by atoms with van der Waals surface area (Å²) in [5.41, 5.74) is 5.76. The van der Waals surface area contributed by atoms with Crippen molar-refractivity contribution in [3.05, 3.63) is 0 Å². The van der Waals surface area contributed by atoms with Crippen LogP contribution in [0.5, 0.6) is 0 Å². The quantitative estimate of drug-likeness (QED) is 0.661. The normalized spacial score (nSPS) is 24.8. The van der Waals surface area contributed by atoms with Crippen LogP contribution in [0.2, 0.25) is 0 Å². The molecule has 1 saturated carbocycles. The molecule has 0 aromatic heterocycles. The lowest BCUT2D eigenvalue weighted by Gasteiger charge is -2.26. The molecule has 0 spiro atoms. The van der Waals surface area contributed by atoms with E-state index < -0.39 is 0 Å².